The van der Waals surface area contributed by atoms with Crippen molar-refractivity contribution in [3.63, 3.8) is 0 Å². The van der Waals surface area contributed by atoms with Crippen LogP contribution in [-0.4, -0.2) is 17.6 Å². The fourth-order valence-electron chi connectivity index (χ4n) is 1.56. The maximum Gasteiger partial charge on any atom is 0.337 e. The predicted molar refractivity (Wildman–Crippen MR) is 58.3 cm³/mol. The minimum atomic E-state index is -0.857. The Morgan fingerprint density at radius 3 is 3.00 bits per heavy atom. The monoisotopic (exact) mass is 289 g/mol. The van der Waals surface area contributed by atoms with Crippen LogP contribution in [0, 0.1) is 3.57 Å². The van der Waals surface area contributed by atoms with Gasteiger partial charge in [0.15, 0.2) is 0 Å². The summed E-state index contributed by atoms with van der Waals surface area (Å²) in [5, 5.41) is 12.0. The topological polar surface area (TPSA) is 49.3 Å². The molecule has 3 nitrogen and oxygen atoms in total. The highest BCUT2D eigenvalue weighted by Gasteiger charge is 2.18. The van der Waals surface area contributed by atoms with E-state index < -0.39 is 5.97 Å². The van der Waals surface area contributed by atoms with E-state index in [0.717, 1.165) is 27.8 Å². The Morgan fingerprint density at radius 1 is 1.54 bits per heavy atom. The van der Waals surface area contributed by atoms with Crippen LogP contribution in [0.15, 0.2) is 12.1 Å². The van der Waals surface area contributed by atoms with E-state index in [2.05, 4.69) is 27.9 Å². The third-order valence-corrected chi connectivity index (χ3v) is 2.73. The van der Waals surface area contributed by atoms with Gasteiger partial charge in [0.1, 0.15) is 0 Å². The van der Waals surface area contributed by atoms with Gasteiger partial charge in [-0.05, 0) is 46.7 Å². The second-order valence-corrected chi connectivity index (χ2v) is 4.22. The molecule has 68 valence electrons. The molecule has 0 saturated carbocycles. The fourth-order valence-corrected chi connectivity index (χ4v) is 2.25. The molecular formula is C9H8INO2. The van der Waals surface area contributed by atoms with Crippen LogP contribution in [0.5, 0.6) is 0 Å². The van der Waals surface area contributed by atoms with E-state index in [1.807, 2.05) is 6.07 Å². The molecule has 1 aliphatic heterocycles. The van der Waals surface area contributed by atoms with Crippen LogP contribution in [-0.2, 0) is 6.42 Å². The van der Waals surface area contributed by atoms with E-state index >= 15 is 0 Å². The van der Waals surface area contributed by atoms with Crippen LogP contribution >= 0.6 is 22.6 Å². The highest BCUT2D eigenvalue weighted by Crippen LogP contribution is 2.28. The Bertz CT molecular complexity index is 376. The van der Waals surface area contributed by atoms with Gasteiger partial charge >= 0.3 is 5.97 Å². The largest absolute Gasteiger partial charge is 0.478 e. The summed E-state index contributed by atoms with van der Waals surface area (Å²) < 4.78 is 0.984. The Balaban J connectivity index is 2.62. The van der Waals surface area contributed by atoms with E-state index in [4.69, 9.17) is 5.11 Å². The van der Waals surface area contributed by atoms with Crippen LogP contribution in [0.1, 0.15) is 15.9 Å². The van der Waals surface area contributed by atoms with Crippen LogP contribution in [0.4, 0.5) is 5.69 Å². The standard InChI is InChI=1S/C9H8INO2/c10-6-3-5-1-2-11-8(5)7(4-6)9(12)13/h3-4,11H,1-2H2,(H,12,13). The van der Waals surface area contributed by atoms with E-state index in [9.17, 15) is 4.79 Å². The van der Waals surface area contributed by atoms with Gasteiger partial charge in [0.2, 0.25) is 0 Å². The van der Waals surface area contributed by atoms with E-state index in [1.165, 1.54) is 0 Å². The third kappa shape index (κ3) is 1.50. The zero-order valence-electron chi connectivity index (χ0n) is 6.80. The van der Waals surface area contributed by atoms with Gasteiger partial charge in [-0.25, -0.2) is 4.79 Å². The van der Waals surface area contributed by atoms with E-state index in [-0.39, 0.29) is 0 Å². The molecule has 0 aromatic heterocycles. The van der Waals surface area contributed by atoms with Crippen LogP contribution in [0.2, 0.25) is 0 Å². The van der Waals surface area contributed by atoms with Gasteiger partial charge in [0, 0.05) is 10.1 Å². The highest BCUT2D eigenvalue weighted by atomic mass is 127. The molecule has 0 atom stereocenters. The van der Waals surface area contributed by atoms with Gasteiger partial charge < -0.3 is 10.4 Å². The maximum atomic E-state index is 10.9. The van der Waals surface area contributed by atoms with Gasteiger partial charge in [-0.3, -0.25) is 0 Å². The SMILES string of the molecule is O=C(O)c1cc(I)cc2c1NCC2. The highest BCUT2D eigenvalue weighted by molar-refractivity contribution is 14.1. The number of fused-ring (bicyclic) bond motifs is 1. The number of hydrogen-bond donors (Lipinski definition) is 2. The number of rotatable bonds is 1. The van der Waals surface area contributed by atoms with Crippen molar-refractivity contribution < 1.29 is 9.90 Å². The number of nitrogens with one attached hydrogen (secondary N) is 1. The number of hydrogen-bond acceptors (Lipinski definition) is 2. The molecule has 4 heteroatoms. The molecule has 0 aliphatic carbocycles. The van der Waals surface area contributed by atoms with Crippen molar-refractivity contribution in [2.24, 2.45) is 0 Å². The molecule has 1 heterocycles. The maximum absolute atomic E-state index is 10.9. The smallest absolute Gasteiger partial charge is 0.337 e. The van der Waals surface area contributed by atoms with Crippen LogP contribution < -0.4 is 5.32 Å². The summed E-state index contributed by atoms with van der Waals surface area (Å²) in [6, 6.07) is 3.72. The average molecular weight is 289 g/mol. The summed E-state index contributed by atoms with van der Waals surface area (Å²) in [5.41, 5.74) is 2.30. The first-order valence-electron chi connectivity index (χ1n) is 3.98. The van der Waals surface area contributed by atoms with Crippen molar-refractivity contribution in [3.05, 3.63) is 26.8 Å². The zero-order chi connectivity index (χ0) is 9.42. The molecule has 1 aliphatic rings. The number of carboxylic acid groups (broad SMARTS) is 1. The first kappa shape index (κ1) is 8.80. The molecule has 0 amide bonds. The minimum Gasteiger partial charge on any atom is -0.478 e. The number of anilines is 1. The molecule has 0 bridgehead atoms. The fraction of sp³-hybridized carbons (Fsp3) is 0.222. The number of carboxylic acids is 1. The predicted octanol–water partition coefficient (Wildman–Crippen LogP) is 1.96. The molecule has 1 aromatic carbocycles. The molecule has 13 heavy (non-hydrogen) atoms. The summed E-state index contributed by atoms with van der Waals surface area (Å²) in [7, 11) is 0. The molecule has 2 N–H and O–H groups in total. The summed E-state index contributed by atoms with van der Waals surface area (Å²) in [5.74, 6) is -0.857. The number of carbonyl (C=O) groups is 1. The molecule has 0 unspecified atom stereocenters. The van der Waals surface area contributed by atoms with E-state index in [1.54, 1.807) is 6.07 Å². The summed E-state index contributed by atoms with van der Waals surface area (Å²) >= 11 is 2.14. The summed E-state index contributed by atoms with van der Waals surface area (Å²) in [4.78, 5) is 10.9. The molecular weight excluding hydrogens is 281 g/mol. The van der Waals surface area contributed by atoms with Gasteiger partial charge in [-0.2, -0.15) is 0 Å². The van der Waals surface area contributed by atoms with Crippen molar-refractivity contribution in [2.45, 2.75) is 6.42 Å². The quantitative estimate of drug-likeness (QED) is 0.777. The van der Waals surface area contributed by atoms with Crippen molar-refractivity contribution in [1.29, 1.82) is 0 Å². The van der Waals surface area contributed by atoms with Crippen LogP contribution in [0.25, 0.3) is 0 Å². The summed E-state index contributed by atoms with van der Waals surface area (Å²) in [6.45, 7) is 0.843. The van der Waals surface area contributed by atoms with Crippen molar-refractivity contribution in [1.82, 2.24) is 0 Å². The number of aromatic carboxylic acids is 1. The lowest BCUT2D eigenvalue weighted by atomic mass is 10.1. The Hall–Kier alpha value is -0.780. The normalized spacial score (nSPS) is 13.6. The molecule has 2 rings (SSSR count). The molecule has 0 radical (unpaired) electrons. The first-order valence-corrected chi connectivity index (χ1v) is 5.06. The third-order valence-electron chi connectivity index (χ3n) is 2.11. The number of benzene rings is 1. The summed E-state index contributed by atoms with van der Waals surface area (Å²) in [6.07, 6.45) is 0.923. The van der Waals surface area contributed by atoms with Crippen molar-refractivity contribution in [3.8, 4) is 0 Å². The molecule has 0 fully saturated rings. The van der Waals surface area contributed by atoms with Crippen LogP contribution in [0.3, 0.4) is 0 Å². The van der Waals surface area contributed by atoms with Gasteiger partial charge in [-0.15, -0.1) is 0 Å². The molecule has 1 aromatic rings. The lowest BCUT2D eigenvalue weighted by Gasteiger charge is -2.05. The van der Waals surface area contributed by atoms with Gasteiger partial charge in [0.25, 0.3) is 0 Å². The van der Waals surface area contributed by atoms with Gasteiger partial charge in [0.05, 0.1) is 11.3 Å². The Morgan fingerprint density at radius 2 is 2.31 bits per heavy atom. The van der Waals surface area contributed by atoms with Crippen molar-refractivity contribution >= 4 is 34.2 Å². The minimum absolute atomic E-state index is 0.388. The zero-order valence-corrected chi connectivity index (χ0v) is 8.96. The first-order chi connectivity index (χ1) is 6.18. The average Bonchev–Trinajstić information content (AvgIpc) is 2.49. The number of halogens is 1. The lowest BCUT2D eigenvalue weighted by molar-refractivity contribution is 0.0698. The lowest BCUT2D eigenvalue weighted by Crippen LogP contribution is -2.02. The Labute approximate surface area is 89.3 Å². The molecule has 0 saturated heterocycles. The Kier molecular flexibility index (Phi) is 2.15. The van der Waals surface area contributed by atoms with E-state index in [0.29, 0.717) is 5.56 Å². The second-order valence-electron chi connectivity index (χ2n) is 2.97. The second kappa shape index (κ2) is 3.17. The van der Waals surface area contributed by atoms with Gasteiger partial charge in [-0.1, -0.05) is 0 Å². The molecule has 0 spiro atoms. The van der Waals surface area contributed by atoms with Crippen molar-refractivity contribution in [2.75, 3.05) is 11.9 Å².